The number of nitrogens with zero attached hydrogens (tertiary/aromatic N) is 1. The average molecular weight is 222 g/mol. The van der Waals surface area contributed by atoms with Crippen molar-refractivity contribution in [1.82, 2.24) is 0 Å². The average Bonchev–Trinajstić information content (AvgIpc) is 2.97. The zero-order valence-electron chi connectivity index (χ0n) is 8.93. The van der Waals surface area contributed by atoms with E-state index in [1.807, 2.05) is 0 Å². The largest absolute Gasteiger partial charge is 0.382 e. The summed E-state index contributed by atoms with van der Waals surface area (Å²) in [4.78, 5) is 0. The van der Waals surface area contributed by atoms with E-state index in [2.05, 4.69) is 12.2 Å². The molecule has 2 nitrogen and oxygen atoms in total. The molecule has 0 amide bonds. The molecule has 1 aromatic rings. The molecular weight excluding hydrogens is 210 g/mol. The number of halogens is 2. The summed E-state index contributed by atoms with van der Waals surface area (Å²) in [7, 11) is 0. The van der Waals surface area contributed by atoms with Gasteiger partial charge in [0.15, 0.2) is 11.6 Å². The van der Waals surface area contributed by atoms with E-state index in [1.165, 1.54) is 12.1 Å². The fraction of sp³-hybridized carbons (Fsp3) is 0.417. The summed E-state index contributed by atoms with van der Waals surface area (Å²) >= 11 is 0. The van der Waals surface area contributed by atoms with E-state index in [4.69, 9.17) is 5.26 Å². The zero-order chi connectivity index (χ0) is 11.7. The molecule has 16 heavy (non-hydrogen) atoms. The molecule has 0 spiro atoms. The van der Waals surface area contributed by atoms with Crippen LogP contribution >= 0.6 is 0 Å². The van der Waals surface area contributed by atoms with Crippen LogP contribution in [-0.2, 0) is 0 Å². The van der Waals surface area contributed by atoms with Gasteiger partial charge in [0, 0.05) is 6.54 Å². The molecule has 1 aromatic carbocycles. The van der Waals surface area contributed by atoms with E-state index in [1.54, 1.807) is 6.07 Å². The summed E-state index contributed by atoms with van der Waals surface area (Å²) < 4.78 is 26.7. The normalized spacial score (nSPS) is 22.6. The van der Waals surface area contributed by atoms with Gasteiger partial charge in [-0.15, -0.1) is 0 Å². The molecular formula is C12H12F2N2. The Morgan fingerprint density at radius 2 is 2.12 bits per heavy atom. The Balaban J connectivity index is 2.10. The van der Waals surface area contributed by atoms with Gasteiger partial charge in [0.05, 0.1) is 11.3 Å². The van der Waals surface area contributed by atoms with Crippen molar-refractivity contribution in [2.75, 3.05) is 11.9 Å². The van der Waals surface area contributed by atoms with Crippen molar-refractivity contribution in [2.24, 2.45) is 11.8 Å². The third-order valence-electron chi connectivity index (χ3n) is 3.03. The van der Waals surface area contributed by atoms with Crippen LogP contribution in [0.25, 0.3) is 0 Å². The fourth-order valence-corrected chi connectivity index (χ4v) is 1.70. The maximum atomic E-state index is 13.4. The van der Waals surface area contributed by atoms with Gasteiger partial charge in [-0.1, -0.05) is 6.92 Å². The molecule has 2 atom stereocenters. The standard InChI is InChI=1S/C12H12F2N2/c1-7-4-9(7)6-16-10-3-2-8(5-15)11(13)12(10)14/h2-3,7,9,16H,4,6H2,1H3. The summed E-state index contributed by atoms with van der Waals surface area (Å²) in [5, 5.41) is 11.4. The molecule has 1 N–H and O–H groups in total. The first-order chi connectivity index (χ1) is 7.63. The summed E-state index contributed by atoms with van der Waals surface area (Å²) in [5.41, 5.74) is -0.126. The number of nitrogens with one attached hydrogen (secondary N) is 1. The first-order valence-corrected chi connectivity index (χ1v) is 5.25. The Morgan fingerprint density at radius 1 is 1.44 bits per heavy atom. The molecule has 0 radical (unpaired) electrons. The smallest absolute Gasteiger partial charge is 0.183 e. The van der Waals surface area contributed by atoms with Crippen LogP contribution in [0.3, 0.4) is 0 Å². The summed E-state index contributed by atoms with van der Waals surface area (Å²) in [5.74, 6) is -0.819. The van der Waals surface area contributed by atoms with E-state index in [-0.39, 0.29) is 11.3 Å². The number of nitriles is 1. The Morgan fingerprint density at radius 3 is 2.69 bits per heavy atom. The van der Waals surface area contributed by atoms with Crippen molar-refractivity contribution in [3.63, 3.8) is 0 Å². The summed E-state index contributed by atoms with van der Waals surface area (Å²) in [6.45, 7) is 2.78. The van der Waals surface area contributed by atoms with Crippen molar-refractivity contribution in [3.05, 3.63) is 29.3 Å². The van der Waals surface area contributed by atoms with E-state index >= 15 is 0 Å². The quantitative estimate of drug-likeness (QED) is 0.853. The highest BCUT2D eigenvalue weighted by atomic mass is 19.2. The first kappa shape index (κ1) is 10.9. The SMILES string of the molecule is CC1CC1CNc1ccc(C#N)c(F)c1F. The minimum atomic E-state index is -1.07. The van der Waals surface area contributed by atoms with Crippen LogP contribution < -0.4 is 5.32 Å². The Kier molecular flexibility index (Phi) is 2.78. The third-order valence-corrected chi connectivity index (χ3v) is 3.03. The van der Waals surface area contributed by atoms with Crippen LogP contribution in [0.1, 0.15) is 18.9 Å². The second kappa shape index (κ2) is 4.09. The third kappa shape index (κ3) is 1.99. The molecule has 1 saturated carbocycles. The van der Waals surface area contributed by atoms with Crippen LogP contribution in [0, 0.1) is 34.8 Å². The molecule has 0 heterocycles. The maximum absolute atomic E-state index is 13.4. The zero-order valence-corrected chi connectivity index (χ0v) is 8.93. The highest BCUT2D eigenvalue weighted by molar-refractivity contribution is 5.49. The minimum absolute atomic E-state index is 0.135. The summed E-state index contributed by atoms with van der Waals surface area (Å²) in [6, 6.07) is 4.30. The molecule has 0 saturated heterocycles. The van der Waals surface area contributed by atoms with Gasteiger partial charge in [-0.2, -0.15) is 5.26 Å². The lowest BCUT2D eigenvalue weighted by Gasteiger charge is -2.07. The fourth-order valence-electron chi connectivity index (χ4n) is 1.70. The van der Waals surface area contributed by atoms with Gasteiger partial charge in [0.2, 0.25) is 0 Å². The van der Waals surface area contributed by atoms with Gasteiger partial charge in [-0.05, 0) is 30.4 Å². The van der Waals surface area contributed by atoms with E-state index in [0.717, 1.165) is 6.42 Å². The lowest BCUT2D eigenvalue weighted by molar-refractivity contribution is 0.508. The predicted octanol–water partition coefficient (Wildman–Crippen LogP) is 2.90. The highest BCUT2D eigenvalue weighted by Crippen LogP contribution is 2.37. The maximum Gasteiger partial charge on any atom is 0.183 e. The van der Waals surface area contributed by atoms with Crippen LogP contribution in [0.5, 0.6) is 0 Å². The van der Waals surface area contributed by atoms with Crippen LogP contribution in [0.4, 0.5) is 14.5 Å². The van der Waals surface area contributed by atoms with Crippen molar-refractivity contribution >= 4 is 5.69 Å². The van der Waals surface area contributed by atoms with Gasteiger partial charge < -0.3 is 5.32 Å². The summed E-state index contributed by atoms with van der Waals surface area (Å²) in [6.07, 6.45) is 1.13. The number of hydrogen-bond acceptors (Lipinski definition) is 2. The van der Waals surface area contributed by atoms with E-state index < -0.39 is 11.6 Å². The number of anilines is 1. The Labute approximate surface area is 92.9 Å². The van der Waals surface area contributed by atoms with Gasteiger partial charge in [0.1, 0.15) is 6.07 Å². The second-order valence-electron chi connectivity index (χ2n) is 4.25. The molecule has 1 aliphatic carbocycles. The van der Waals surface area contributed by atoms with E-state index in [0.29, 0.717) is 18.4 Å². The van der Waals surface area contributed by atoms with Crippen molar-refractivity contribution in [3.8, 4) is 6.07 Å². The first-order valence-electron chi connectivity index (χ1n) is 5.25. The Bertz CT molecular complexity index is 451. The van der Waals surface area contributed by atoms with Crippen LogP contribution in [-0.4, -0.2) is 6.54 Å². The molecule has 2 rings (SSSR count). The monoisotopic (exact) mass is 222 g/mol. The van der Waals surface area contributed by atoms with Crippen molar-refractivity contribution in [1.29, 1.82) is 5.26 Å². The van der Waals surface area contributed by atoms with Crippen molar-refractivity contribution < 1.29 is 8.78 Å². The van der Waals surface area contributed by atoms with Crippen LogP contribution in [0.15, 0.2) is 12.1 Å². The topological polar surface area (TPSA) is 35.8 Å². The molecule has 0 bridgehead atoms. The molecule has 1 aliphatic rings. The molecule has 4 heteroatoms. The van der Waals surface area contributed by atoms with Crippen LogP contribution in [0.2, 0.25) is 0 Å². The number of hydrogen-bond donors (Lipinski definition) is 1. The van der Waals surface area contributed by atoms with Gasteiger partial charge in [-0.3, -0.25) is 0 Å². The highest BCUT2D eigenvalue weighted by Gasteiger charge is 2.32. The van der Waals surface area contributed by atoms with Gasteiger partial charge in [0.25, 0.3) is 0 Å². The predicted molar refractivity (Wildman–Crippen MR) is 56.8 cm³/mol. The molecule has 2 unspecified atom stereocenters. The van der Waals surface area contributed by atoms with Gasteiger partial charge in [-0.25, -0.2) is 8.78 Å². The Hall–Kier alpha value is -1.63. The number of rotatable bonds is 3. The number of benzene rings is 1. The van der Waals surface area contributed by atoms with E-state index in [9.17, 15) is 8.78 Å². The van der Waals surface area contributed by atoms with Gasteiger partial charge >= 0.3 is 0 Å². The van der Waals surface area contributed by atoms with Crippen molar-refractivity contribution in [2.45, 2.75) is 13.3 Å². The lowest BCUT2D eigenvalue weighted by Crippen LogP contribution is -2.07. The molecule has 84 valence electrons. The molecule has 0 aliphatic heterocycles. The molecule has 1 fully saturated rings. The lowest BCUT2D eigenvalue weighted by atomic mass is 10.2. The minimum Gasteiger partial charge on any atom is -0.382 e. The second-order valence-corrected chi connectivity index (χ2v) is 4.25. The molecule has 0 aromatic heterocycles.